The molecule has 144 valence electrons. The van der Waals surface area contributed by atoms with Crippen LogP contribution in [-0.4, -0.2) is 51.4 Å². The van der Waals surface area contributed by atoms with Crippen LogP contribution in [0.1, 0.15) is 36.3 Å². The number of aryl methyl sites for hydroxylation is 1. The van der Waals surface area contributed by atoms with E-state index in [4.69, 9.17) is 4.74 Å². The number of nitrogens with one attached hydrogen (secondary N) is 1. The van der Waals surface area contributed by atoms with Gasteiger partial charge in [0.05, 0.1) is 36.3 Å². The van der Waals surface area contributed by atoms with Crippen molar-refractivity contribution in [3.8, 4) is 0 Å². The zero-order valence-corrected chi connectivity index (χ0v) is 15.6. The van der Waals surface area contributed by atoms with E-state index in [0.717, 1.165) is 50.5 Å². The van der Waals surface area contributed by atoms with E-state index in [2.05, 4.69) is 21.5 Å². The van der Waals surface area contributed by atoms with Crippen LogP contribution in [0.5, 0.6) is 0 Å². The van der Waals surface area contributed by atoms with Gasteiger partial charge in [0.15, 0.2) is 0 Å². The fourth-order valence-electron chi connectivity index (χ4n) is 3.74. The molecule has 0 spiro atoms. The molecule has 2 aromatic rings. The van der Waals surface area contributed by atoms with E-state index < -0.39 is 0 Å². The Labute approximate surface area is 159 Å². The summed E-state index contributed by atoms with van der Waals surface area (Å²) in [5.74, 6) is 0.139. The van der Waals surface area contributed by atoms with Crippen LogP contribution in [0, 0.1) is 0 Å². The van der Waals surface area contributed by atoms with Crippen molar-refractivity contribution in [2.24, 2.45) is 0 Å². The van der Waals surface area contributed by atoms with E-state index in [1.54, 1.807) is 6.20 Å². The molecule has 27 heavy (non-hydrogen) atoms. The largest absolute Gasteiger partial charge is 0.376 e. The lowest BCUT2D eigenvalue weighted by atomic mass is 10.1. The maximum atomic E-state index is 12.9. The van der Waals surface area contributed by atoms with Gasteiger partial charge in [0.25, 0.3) is 0 Å². The molecule has 4 rings (SSSR count). The summed E-state index contributed by atoms with van der Waals surface area (Å²) in [6.45, 7) is 4.67. The predicted molar refractivity (Wildman–Crippen MR) is 101 cm³/mol. The van der Waals surface area contributed by atoms with Crippen molar-refractivity contribution < 1.29 is 9.53 Å². The van der Waals surface area contributed by atoms with Crippen molar-refractivity contribution in [2.45, 2.75) is 51.4 Å². The Bertz CT molecular complexity index is 731. The molecule has 1 atom stereocenters. The Morgan fingerprint density at radius 3 is 3.11 bits per heavy atom. The van der Waals surface area contributed by atoms with Crippen molar-refractivity contribution >= 4 is 5.91 Å². The lowest BCUT2D eigenvalue weighted by Crippen LogP contribution is -2.37. The summed E-state index contributed by atoms with van der Waals surface area (Å²) in [5.41, 5.74) is 3.11. The molecule has 2 aliphatic heterocycles. The summed E-state index contributed by atoms with van der Waals surface area (Å²) in [7, 11) is 0. The second kappa shape index (κ2) is 8.63. The normalized spacial score (nSPS) is 19.0. The van der Waals surface area contributed by atoms with Gasteiger partial charge in [-0.2, -0.15) is 5.10 Å². The Morgan fingerprint density at radius 2 is 2.33 bits per heavy atom. The summed E-state index contributed by atoms with van der Waals surface area (Å²) in [5, 5.41) is 7.99. The Hall–Kier alpha value is -2.25. The lowest BCUT2D eigenvalue weighted by Gasteiger charge is -2.25. The van der Waals surface area contributed by atoms with Crippen LogP contribution in [0.25, 0.3) is 0 Å². The molecule has 0 aromatic carbocycles. The molecule has 7 heteroatoms. The molecule has 0 radical (unpaired) electrons. The zero-order valence-electron chi connectivity index (χ0n) is 15.6. The zero-order chi connectivity index (χ0) is 18.5. The van der Waals surface area contributed by atoms with Crippen molar-refractivity contribution in [1.29, 1.82) is 0 Å². The molecular weight excluding hydrogens is 342 g/mol. The van der Waals surface area contributed by atoms with E-state index in [1.165, 1.54) is 5.69 Å². The van der Waals surface area contributed by atoms with E-state index >= 15 is 0 Å². The number of ether oxygens (including phenoxy) is 1. The minimum Gasteiger partial charge on any atom is -0.376 e. The Kier molecular flexibility index (Phi) is 5.79. The van der Waals surface area contributed by atoms with Gasteiger partial charge >= 0.3 is 0 Å². The van der Waals surface area contributed by atoms with Crippen molar-refractivity contribution in [3.05, 3.63) is 47.5 Å². The number of nitrogens with zero attached hydrogens (tertiary/aromatic N) is 4. The first-order valence-electron chi connectivity index (χ1n) is 9.83. The highest BCUT2D eigenvalue weighted by molar-refractivity contribution is 5.76. The molecule has 0 aliphatic carbocycles. The summed E-state index contributed by atoms with van der Waals surface area (Å²) in [4.78, 5) is 19.2. The number of hydrogen-bond acceptors (Lipinski definition) is 5. The highest BCUT2D eigenvalue weighted by Gasteiger charge is 2.23. The van der Waals surface area contributed by atoms with Crippen LogP contribution >= 0.6 is 0 Å². The average Bonchev–Trinajstić information content (AvgIpc) is 3.35. The molecule has 0 saturated carbocycles. The van der Waals surface area contributed by atoms with Crippen LogP contribution in [0.3, 0.4) is 0 Å². The standard InChI is InChI=1S/C20H27N5O2/c26-20(7-6-16-12-18-13-21-9-10-25(18)23-16)24(15-19-5-3-11-27-19)14-17-4-1-2-8-22-17/h1-2,4,8,12,19,21H,3,5-7,9-11,13-15H2. The second-order valence-electron chi connectivity index (χ2n) is 7.26. The third-order valence-corrected chi connectivity index (χ3v) is 5.20. The van der Waals surface area contributed by atoms with Gasteiger partial charge in [-0.15, -0.1) is 0 Å². The van der Waals surface area contributed by atoms with Crippen LogP contribution in [0.4, 0.5) is 0 Å². The first kappa shape index (κ1) is 18.1. The van der Waals surface area contributed by atoms with Crippen LogP contribution < -0.4 is 5.32 Å². The molecule has 1 unspecified atom stereocenters. The maximum Gasteiger partial charge on any atom is 0.223 e. The van der Waals surface area contributed by atoms with Gasteiger partial charge in [0.2, 0.25) is 5.91 Å². The molecule has 1 amide bonds. The Morgan fingerprint density at radius 1 is 1.37 bits per heavy atom. The minimum absolute atomic E-state index is 0.139. The number of pyridine rings is 1. The summed E-state index contributed by atoms with van der Waals surface area (Å²) < 4.78 is 7.80. The van der Waals surface area contributed by atoms with Crippen molar-refractivity contribution in [2.75, 3.05) is 19.7 Å². The van der Waals surface area contributed by atoms with Gasteiger partial charge in [-0.1, -0.05) is 6.07 Å². The summed E-state index contributed by atoms with van der Waals surface area (Å²) >= 11 is 0. The smallest absolute Gasteiger partial charge is 0.223 e. The van der Waals surface area contributed by atoms with Crippen LogP contribution in [0.15, 0.2) is 30.5 Å². The van der Waals surface area contributed by atoms with E-state index in [-0.39, 0.29) is 12.0 Å². The Balaban J connectivity index is 1.38. The highest BCUT2D eigenvalue weighted by Crippen LogP contribution is 2.16. The number of carbonyl (C=O) groups excluding carboxylic acids is 1. The van der Waals surface area contributed by atoms with Gasteiger partial charge in [0, 0.05) is 45.3 Å². The third-order valence-electron chi connectivity index (χ3n) is 5.20. The SMILES string of the molecule is O=C(CCc1cc2n(n1)CCNC2)N(Cc1ccccn1)CC1CCCO1. The highest BCUT2D eigenvalue weighted by atomic mass is 16.5. The molecule has 2 aliphatic rings. The first-order valence-corrected chi connectivity index (χ1v) is 9.83. The number of amides is 1. The van der Waals surface area contributed by atoms with Gasteiger partial charge in [-0.3, -0.25) is 14.5 Å². The maximum absolute atomic E-state index is 12.9. The molecule has 2 aromatic heterocycles. The fraction of sp³-hybridized carbons (Fsp3) is 0.550. The first-order chi connectivity index (χ1) is 13.3. The molecule has 1 N–H and O–H groups in total. The molecule has 1 saturated heterocycles. The molecule has 1 fully saturated rings. The quantitative estimate of drug-likeness (QED) is 0.801. The van der Waals surface area contributed by atoms with Crippen LogP contribution in [-0.2, 0) is 35.6 Å². The second-order valence-corrected chi connectivity index (χ2v) is 7.26. The number of rotatable bonds is 7. The van der Waals surface area contributed by atoms with Gasteiger partial charge < -0.3 is 15.0 Å². The van der Waals surface area contributed by atoms with Gasteiger partial charge in [0.1, 0.15) is 0 Å². The topological polar surface area (TPSA) is 72.3 Å². The number of carbonyl (C=O) groups is 1. The number of hydrogen-bond donors (Lipinski definition) is 1. The molecule has 0 bridgehead atoms. The van der Waals surface area contributed by atoms with E-state index in [1.807, 2.05) is 27.8 Å². The molecule has 7 nitrogen and oxygen atoms in total. The van der Waals surface area contributed by atoms with Gasteiger partial charge in [-0.25, -0.2) is 0 Å². The van der Waals surface area contributed by atoms with Crippen molar-refractivity contribution in [1.82, 2.24) is 25.0 Å². The predicted octanol–water partition coefficient (Wildman–Crippen LogP) is 1.52. The van der Waals surface area contributed by atoms with E-state index in [9.17, 15) is 4.79 Å². The average molecular weight is 369 g/mol. The monoisotopic (exact) mass is 369 g/mol. The van der Waals surface area contributed by atoms with E-state index in [0.29, 0.717) is 25.9 Å². The fourth-order valence-corrected chi connectivity index (χ4v) is 3.74. The lowest BCUT2D eigenvalue weighted by molar-refractivity contribution is -0.133. The number of fused-ring (bicyclic) bond motifs is 1. The number of aromatic nitrogens is 3. The van der Waals surface area contributed by atoms with Gasteiger partial charge in [-0.05, 0) is 31.0 Å². The summed E-state index contributed by atoms with van der Waals surface area (Å²) in [6, 6.07) is 7.93. The molecule has 4 heterocycles. The minimum atomic E-state index is 0.139. The van der Waals surface area contributed by atoms with Crippen molar-refractivity contribution in [3.63, 3.8) is 0 Å². The summed E-state index contributed by atoms with van der Waals surface area (Å²) in [6.07, 6.45) is 5.14. The van der Waals surface area contributed by atoms with Crippen LogP contribution in [0.2, 0.25) is 0 Å². The molecular formula is C20H27N5O2. The third kappa shape index (κ3) is 4.73.